The van der Waals surface area contributed by atoms with Crippen molar-refractivity contribution >= 4 is 12.0 Å². The highest BCUT2D eigenvalue weighted by Crippen LogP contribution is 2.30. The number of aliphatic carboxylic acids is 1. The van der Waals surface area contributed by atoms with E-state index in [1.807, 2.05) is 11.8 Å². The Kier molecular flexibility index (Phi) is 4.66. The maximum Gasteiger partial charge on any atom is 0.320 e. The molecule has 0 radical (unpaired) electrons. The van der Waals surface area contributed by atoms with Crippen molar-refractivity contribution in [2.75, 3.05) is 13.1 Å². The van der Waals surface area contributed by atoms with Crippen LogP contribution in [0.2, 0.25) is 0 Å². The van der Waals surface area contributed by atoms with Crippen molar-refractivity contribution in [3.05, 3.63) is 0 Å². The smallest absolute Gasteiger partial charge is 0.320 e. The van der Waals surface area contributed by atoms with Crippen LogP contribution in [-0.4, -0.2) is 52.1 Å². The van der Waals surface area contributed by atoms with Gasteiger partial charge in [-0.1, -0.05) is 12.8 Å². The summed E-state index contributed by atoms with van der Waals surface area (Å²) in [4.78, 5) is 27.1. The Morgan fingerprint density at radius 3 is 2.11 bits per heavy atom. The van der Waals surface area contributed by atoms with Crippen molar-refractivity contribution in [1.29, 1.82) is 0 Å². The summed E-state index contributed by atoms with van der Waals surface area (Å²) < 4.78 is 0. The molecule has 19 heavy (non-hydrogen) atoms. The van der Waals surface area contributed by atoms with Gasteiger partial charge in [0.05, 0.1) is 6.42 Å². The molecule has 2 rings (SSSR count). The summed E-state index contributed by atoms with van der Waals surface area (Å²) in [7, 11) is 0. The molecule has 2 fully saturated rings. The Morgan fingerprint density at radius 1 is 1.05 bits per heavy atom. The maximum absolute atomic E-state index is 12.6. The second-order valence-corrected chi connectivity index (χ2v) is 5.58. The van der Waals surface area contributed by atoms with Crippen LogP contribution >= 0.6 is 0 Å². The molecule has 0 saturated heterocycles. The Balaban J connectivity index is 1.97. The number of carboxylic acid groups (broad SMARTS) is 1. The van der Waals surface area contributed by atoms with Gasteiger partial charge in [0.2, 0.25) is 0 Å². The highest BCUT2D eigenvalue weighted by molar-refractivity contribution is 5.76. The molecule has 0 atom stereocenters. The van der Waals surface area contributed by atoms with E-state index in [4.69, 9.17) is 5.11 Å². The topological polar surface area (TPSA) is 60.9 Å². The maximum atomic E-state index is 12.6. The van der Waals surface area contributed by atoms with E-state index in [9.17, 15) is 9.59 Å². The second-order valence-electron chi connectivity index (χ2n) is 5.58. The summed E-state index contributed by atoms with van der Waals surface area (Å²) in [5.74, 6) is -0.831. The second kappa shape index (κ2) is 6.26. The van der Waals surface area contributed by atoms with Gasteiger partial charge >= 0.3 is 12.0 Å². The number of amides is 2. The molecule has 0 aliphatic heterocycles. The Hall–Kier alpha value is -1.26. The molecule has 0 aromatic rings. The minimum absolute atomic E-state index is 0.0461. The lowest BCUT2D eigenvalue weighted by Crippen LogP contribution is -2.48. The Bertz CT molecular complexity index is 336. The molecule has 0 aromatic heterocycles. The monoisotopic (exact) mass is 268 g/mol. The van der Waals surface area contributed by atoms with E-state index in [1.165, 1.54) is 12.8 Å². The van der Waals surface area contributed by atoms with E-state index in [0.717, 1.165) is 32.2 Å². The minimum Gasteiger partial charge on any atom is -0.481 e. The molecule has 0 heterocycles. The fourth-order valence-electron chi connectivity index (χ4n) is 2.97. The molecular weight excluding hydrogens is 244 g/mol. The summed E-state index contributed by atoms with van der Waals surface area (Å²) in [5, 5.41) is 8.80. The fraction of sp³-hybridized carbons (Fsp3) is 0.857. The van der Waals surface area contributed by atoms with Crippen LogP contribution in [-0.2, 0) is 4.79 Å². The van der Waals surface area contributed by atoms with Gasteiger partial charge in [-0.3, -0.25) is 4.79 Å². The third kappa shape index (κ3) is 3.61. The van der Waals surface area contributed by atoms with E-state index in [2.05, 4.69) is 0 Å². The zero-order valence-electron chi connectivity index (χ0n) is 11.7. The van der Waals surface area contributed by atoms with Crippen LogP contribution in [0.1, 0.15) is 51.9 Å². The van der Waals surface area contributed by atoms with E-state index in [-0.39, 0.29) is 18.5 Å². The largest absolute Gasteiger partial charge is 0.481 e. The first-order valence-electron chi connectivity index (χ1n) is 7.42. The number of hydrogen-bond donors (Lipinski definition) is 1. The molecule has 2 saturated carbocycles. The molecule has 1 N–H and O–H groups in total. The molecule has 2 aliphatic carbocycles. The van der Waals surface area contributed by atoms with E-state index in [1.54, 1.807) is 4.90 Å². The third-order valence-corrected chi connectivity index (χ3v) is 4.15. The zero-order chi connectivity index (χ0) is 13.8. The highest BCUT2D eigenvalue weighted by Gasteiger charge is 2.36. The highest BCUT2D eigenvalue weighted by atomic mass is 16.4. The molecular formula is C14H24N2O3. The van der Waals surface area contributed by atoms with Crippen molar-refractivity contribution in [1.82, 2.24) is 9.80 Å². The molecule has 2 aliphatic rings. The van der Waals surface area contributed by atoms with E-state index in [0.29, 0.717) is 12.6 Å². The van der Waals surface area contributed by atoms with Gasteiger partial charge in [-0.15, -0.1) is 0 Å². The van der Waals surface area contributed by atoms with Crippen molar-refractivity contribution < 1.29 is 14.7 Å². The number of hydrogen-bond acceptors (Lipinski definition) is 2. The van der Waals surface area contributed by atoms with Crippen molar-refractivity contribution in [2.45, 2.75) is 64.0 Å². The Morgan fingerprint density at radius 2 is 1.63 bits per heavy atom. The SMILES string of the molecule is CCN(C(=O)N(CCC(=O)O)C1CC1)C1CCCC1. The van der Waals surface area contributed by atoms with Gasteiger partial charge < -0.3 is 14.9 Å². The van der Waals surface area contributed by atoms with Crippen LogP contribution in [0.3, 0.4) is 0 Å². The number of urea groups is 1. The predicted molar refractivity (Wildman–Crippen MR) is 72.0 cm³/mol. The van der Waals surface area contributed by atoms with Gasteiger partial charge in [-0.2, -0.15) is 0 Å². The molecule has 0 bridgehead atoms. The van der Waals surface area contributed by atoms with Crippen molar-refractivity contribution in [3.8, 4) is 0 Å². The number of carbonyl (C=O) groups excluding carboxylic acids is 1. The zero-order valence-corrected chi connectivity index (χ0v) is 11.7. The predicted octanol–water partition coefficient (Wildman–Crippen LogP) is 2.31. The standard InChI is InChI=1S/C14H24N2O3/c1-2-15(11-5-3-4-6-11)14(19)16(12-7-8-12)10-9-13(17)18/h11-12H,2-10H2,1H3,(H,17,18). The molecule has 0 spiro atoms. The minimum atomic E-state index is -0.831. The average Bonchev–Trinajstić information content (AvgIpc) is 3.06. The van der Waals surface area contributed by atoms with Crippen LogP contribution in [0.25, 0.3) is 0 Å². The summed E-state index contributed by atoms with van der Waals surface area (Å²) in [6.45, 7) is 3.08. The first kappa shape index (κ1) is 14.2. The lowest BCUT2D eigenvalue weighted by molar-refractivity contribution is -0.137. The summed E-state index contributed by atoms with van der Waals surface area (Å²) >= 11 is 0. The van der Waals surface area contributed by atoms with Crippen LogP contribution < -0.4 is 0 Å². The lowest BCUT2D eigenvalue weighted by Gasteiger charge is -2.34. The van der Waals surface area contributed by atoms with E-state index < -0.39 is 5.97 Å². The summed E-state index contributed by atoms with van der Waals surface area (Å²) in [6, 6.07) is 0.698. The van der Waals surface area contributed by atoms with Gasteiger partial charge in [0, 0.05) is 25.2 Å². The van der Waals surface area contributed by atoms with Crippen LogP contribution in [0.15, 0.2) is 0 Å². The first-order valence-corrected chi connectivity index (χ1v) is 7.42. The first-order chi connectivity index (χ1) is 9.13. The normalized spacial score (nSPS) is 19.4. The molecule has 5 heteroatoms. The number of carbonyl (C=O) groups is 2. The van der Waals surface area contributed by atoms with Gasteiger partial charge in [-0.25, -0.2) is 4.79 Å². The fourth-order valence-corrected chi connectivity index (χ4v) is 2.97. The molecule has 0 unspecified atom stereocenters. The van der Waals surface area contributed by atoms with Crippen molar-refractivity contribution in [2.24, 2.45) is 0 Å². The lowest BCUT2D eigenvalue weighted by atomic mass is 10.2. The van der Waals surface area contributed by atoms with E-state index >= 15 is 0 Å². The van der Waals surface area contributed by atoms with Gasteiger partial charge in [-0.05, 0) is 32.6 Å². The van der Waals surface area contributed by atoms with Gasteiger partial charge in [0.15, 0.2) is 0 Å². The molecule has 5 nitrogen and oxygen atoms in total. The summed E-state index contributed by atoms with van der Waals surface area (Å²) in [6.07, 6.45) is 6.68. The third-order valence-electron chi connectivity index (χ3n) is 4.15. The van der Waals surface area contributed by atoms with Crippen LogP contribution in [0.4, 0.5) is 4.79 Å². The average molecular weight is 268 g/mol. The van der Waals surface area contributed by atoms with Gasteiger partial charge in [0.1, 0.15) is 0 Å². The molecule has 108 valence electrons. The number of rotatable bonds is 6. The number of carboxylic acids is 1. The summed E-state index contributed by atoms with van der Waals surface area (Å²) in [5.41, 5.74) is 0. The molecule has 2 amide bonds. The Labute approximate surface area is 114 Å². The van der Waals surface area contributed by atoms with Crippen molar-refractivity contribution in [3.63, 3.8) is 0 Å². The number of nitrogens with zero attached hydrogens (tertiary/aromatic N) is 2. The molecule has 0 aromatic carbocycles. The quantitative estimate of drug-likeness (QED) is 0.804. The van der Waals surface area contributed by atoms with Gasteiger partial charge in [0.25, 0.3) is 0 Å². The van der Waals surface area contributed by atoms with Crippen LogP contribution in [0.5, 0.6) is 0 Å². The van der Waals surface area contributed by atoms with Crippen LogP contribution in [0, 0.1) is 0 Å².